The van der Waals surface area contributed by atoms with Crippen LogP contribution in [0.2, 0.25) is 0 Å². The second-order valence-electron chi connectivity index (χ2n) is 6.59. The van der Waals surface area contributed by atoms with E-state index in [9.17, 15) is 14.0 Å². The third-order valence-electron chi connectivity index (χ3n) is 4.27. The van der Waals surface area contributed by atoms with Crippen molar-refractivity contribution in [1.29, 1.82) is 0 Å². The molecule has 0 bridgehead atoms. The molecule has 2 N–H and O–H groups in total. The SMILES string of the molecule is COc1cc(C(=O)O[C@H](C)c2nc(-c3ccc(C)c(F)c3)no2)ccc1OCC(N)=O. The summed E-state index contributed by atoms with van der Waals surface area (Å²) in [6.45, 7) is 2.88. The zero-order valence-corrected chi connectivity index (χ0v) is 17.0. The van der Waals surface area contributed by atoms with Crippen LogP contribution in [0.15, 0.2) is 40.9 Å². The summed E-state index contributed by atoms with van der Waals surface area (Å²) >= 11 is 0. The number of nitrogens with zero attached hydrogens (tertiary/aromatic N) is 2. The Morgan fingerprint density at radius 2 is 1.97 bits per heavy atom. The number of halogens is 1. The molecule has 9 nitrogen and oxygen atoms in total. The molecular weight excluding hydrogens is 409 g/mol. The van der Waals surface area contributed by atoms with E-state index in [1.54, 1.807) is 26.0 Å². The van der Waals surface area contributed by atoms with Gasteiger partial charge in [0.2, 0.25) is 5.82 Å². The van der Waals surface area contributed by atoms with Gasteiger partial charge in [-0.1, -0.05) is 17.3 Å². The van der Waals surface area contributed by atoms with Crippen LogP contribution in [0, 0.1) is 12.7 Å². The Kier molecular flexibility index (Phi) is 6.49. The van der Waals surface area contributed by atoms with Crippen molar-refractivity contribution in [3.8, 4) is 22.9 Å². The molecule has 0 saturated heterocycles. The van der Waals surface area contributed by atoms with Crippen molar-refractivity contribution in [3.63, 3.8) is 0 Å². The molecule has 1 heterocycles. The lowest BCUT2D eigenvalue weighted by atomic mass is 10.1. The molecule has 0 spiro atoms. The van der Waals surface area contributed by atoms with E-state index in [1.165, 1.54) is 31.4 Å². The first-order valence-electron chi connectivity index (χ1n) is 9.18. The second kappa shape index (κ2) is 9.24. The highest BCUT2D eigenvalue weighted by Gasteiger charge is 2.21. The van der Waals surface area contributed by atoms with Crippen LogP contribution < -0.4 is 15.2 Å². The number of benzene rings is 2. The van der Waals surface area contributed by atoms with Gasteiger partial charge in [0.15, 0.2) is 24.2 Å². The van der Waals surface area contributed by atoms with E-state index >= 15 is 0 Å². The number of carbonyl (C=O) groups excluding carboxylic acids is 2. The molecule has 0 saturated carbocycles. The van der Waals surface area contributed by atoms with Gasteiger partial charge >= 0.3 is 5.97 Å². The van der Waals surface area contributed by atoms with E-state index in [1.807, 2.05) is 0 Å². The molecule has 0 aliphatic rings. The minimum atomic E-state index is -0.860. The highest BCUT2D eigenvalue weighted by atomic mass is 19.1. The number of hydrogen-bond acceptors (Lipinski definition) is 8. The monoisotopic (exact) mass is 429 g/mol. The van der Waals surface area contributed by atoms with E-state index in [2.05, 4.69) is 10.1 Å². The molecule has 0 unspecified atom stereocenters. The van der Waals surface area contributed by atoms with Crippen molar-refractivity contribution >= 4 is 11.9 Å². The van der Waals surface area contributed by atoms with E-state index < -0.39 is 18.0 Å². The molecule has 10 heteroatoms. The Bertz CT molecular complexity index is 1110. The number of aromatic nitrogens is 2. The normalized spacial score (nSPS) is 11.6. The van der Waals surface area contributed by atoms with Crippen molar-refractivity contribution in [1.82, 2.24) is 10.1 Å². The van der Waals surface area contributed by atoms with E-state index in [-0.39, 0.29) is 41.2 Å². The van der Waals surface area contributed by atoms with Crippen molar-refractivity contribution < 1.29 is 32.7 Å². The third kappa shape index (κ3) is 5.16. The molecule has 0 aliphatic heterocycles. The van der Waals surface area contributed by atoms with Gasteiger partial charge in [-0.3, -0.25) is 4.79 Å². The molecule has 0 radical (unpaired) electrons. The van der Waals surface area contributed by atoms with Crippen LogP contribution in [0.25, 0.3) is 11.4 Å². The van der Waals surface area contributed by atoms with E-state index in [0.717, 1.165) is 0 Å². The van der Waals surface area contributed by atoms with Gasteiger partial charge in [0.05, 0.1) is 12.7 Å². The molecule has 1 amide bonds. The maximum absolute atomic E-state index is 13.8. The lowest BCUT2D eigenvalue weighted by Gasteiger charge is -2.12. The molecule has 162 valence electrons. The van der Waals surface area contributed by atoms with Crippen LogP contribution in [0.4, 0.5) is 4.39 Å². The average Bonchev–Trinajstić information content (AvgIpc) is 3.24. The van der Waals surface area contributed by atoms with E-state index in [0.29, 0.717) is 11.1 Å². The summed E-state index contributed by atoms with van der Waals surface area (Å²) in [5, 5.41) is 3.81. The van der Waals surface area contributed by atoms with E-state index in [4.69, 9.17) is 24.5 Å². The summed E-state index contributed by atoms with van der Waals surface area (Å²) in [4.78, 5) is 27.5. The average molecular weight is 429 g/mol. The Morgan fingerprint density at radius 3 is 2.65 bits per heavy atom. The smallest absolute Gasteiger partial charge is 0.339 e. The highest BCUT2D eigenvalue weighted by Crippen LogP contribution is 2.29. The zero-order chi connectivity index (χ0) is 22.5. The van der Waals surface area contributed by atoms with Gasteiger partial charge in [-0.2, -0.15) is 4.98 Å². The molecule has 3 aromatic rings. The number of carbonyl (C=O) groups is 2. The largest absolute Gasteiger partial charge is 0.493 e. The standard InChI is InChI=1S/C21H20FN3O6/c1-11-4-5-13(8-15(11)22)19-24-20(31-25-19)12(2)30-21(27)14-6-7-16(17(9-14)28-3)29-10-18(23)26/h4-9,12H,10H2,1-3H3,(H2,23,26)/t12-/m1/s1. The summed E-state index contributed by atoms with van der Waals surface area (Å²) in [6, 6.07) is 8.88. The summed E-state index contributed by atoms with van der Waals surface area (Å²) in [5.41, 5.74) is 6.17. The quantitative estimate of drug-likeness (QED) is 0.542. The number of ether oxygens (including phenoxy) is 3. The van der Waals surface area contributed by atoms with Crippen molar-refractivity contribution in [2.75, 3.05) is 13.7 Å². The highest BCUT2D eigenvalue weighted by molar-refractivity contribution is 5.90. The minimum absolute atomic E-state index is 0.0534. The number of primary amides is 1. The van der Waals surface area contributed by atoms with Gasteiger partial charge in [0, 0.05) is 5.56 Å². The van der Waals surface area contributed by atoms with Gasteiger partial charge in [0.25, 0.3) is 11.8 Å². The molecule has 1 atom stereocenters. The lowest BCUT2D eigenvalue weighted by Crippen LogP contribution is -2.20. The van der Waals surface area contributed by atoms with Crippen molar-refractivity contribution in [2.24, 2.45) is 5.73 Å². The lowest BCUT2D eigenvalue weighted by molar-refractivity contribution is -0.119. The van der Waals surface area contributed by atoms with Crippen molar-refractivity contribution in [3.05, 3.63) is 59.2 Å². The van der Waals surface area contributed by atoms with Crippen LogP contribution in [0.1, 0.15) is 34.8 Å². The predicted octanol–water partition coefficient (Wildman–Crippen LogP) is 2.97. The summed E-state index contributed by atoms with van der Waals surface area (Å²) in [6.07, 6.45) is -0.860. The van der Waals surface area contributed by atoms with Gasteiger partial charge in [0.1, 0.15) is 5.82 Å². The number of methoxy groups -OCH3 is 1. The second-order valence-corrected chi connectivity index (χ2v) is 6.59. The summed E-state index contributed by atoms with van der Waals surface area (Å²) in [7, 11) is 1.39. The number of esters is 1. The molecule has 31 heavy (non-hydrogen) atoms. The topological polar surface area (TPSA) is 127 Å². The Balaban J connectivity index is 1.71. The fourth-order valence-corrected chi connectivity index (χ4v) is 2.59. The fraction of sp³-hybridized carbons (Fsp3) is 0.238. The third-order valence-corrected chi connectivity index (χ3v) is 4.27. The molecule has 3 rings (SSSR count). The Morgan fingerprint density at radius 1 is 1.19 bits per heavy atom. The molecular formula is C21H20FN3O6. The van der Waals surface area contributed by atoms with Gasteiger partial charge in [-0.15, -0.1) is 0 Å². The van der Waals surface area contributed by atoms with Crippen LogP contribution in [-0.4, -0.2) is 35.7 Å². The van der Waals surface area contributed by atoms with Gasteiger partial charge in [-0.25, -0.2) is 9.18 Å². The van der Waals surface area contributed by atoms with Crippen LogP contribution in [0.5, 0.6) is 11.5 Å². The first-order valence-corrected chi connectivity index (χ1v) is 9.18. The molecule has 0 aliphatic carbocycles. The number of hydrogen-bond donors (Lipinski definition) is 1. The molecule has 1 aromatic heterocycles. The Labute approximate surface area is 176 Å². The number of rotatable bonds is 8. The van der Waals surface area contributed by atoms with Gasteiger partial charge < -0.3 is 24.5 Å². The molecule has 2 aromatic carbocycles. The van der Waals surface area contributed by atoms with Gasteiger partial charge in [-0.05, 0) is 43.7 Å². The minimum Gasteiger partial charge on any atom is -0.493 e. The number of nitrogens with two attached hydrogens (primary N) is 1. The summed E-state index contributed by atoms with van der Waals surface area (Å²) < 4.78 is 34.7. The zero-order valence-electron chi connectivity index (χ0n) is 17.0. The van der Waals surface area contributed by atoms with Crippen molar-refractivity contribution in [2.45, 2.75) is 20.0 Å². The number of aryl methyl sites for hydroxylation is 1. The first-order chi connectivity index (χ1) is 14.8. The maximum atomic E-state index is 13.8. The predicted molar refractivity (Wildman–Crippen MR) is 106 cm³/mol. The summed E-state index contributed by atoms with van der Waals surface area (Å²) in [5.74, 6) is -1.00. The fourth-order valence-electron chi connectivity index (χ4n) is 2.59. The first kappa shape index (κ1) is 21.8. The Hall–Kier alpha value is -3.95. The number of amides is 1. The van der Waals surface area contributed by atoms with Crippen LogP contribution in [0.3, 0.4) is 0 Å². The maximum Gasteiger partial charge on any atom is 0.339 e. The van der Waals surface area contributed by atoms with Crippen LogP contribution >= 0.6 is 0 Å². The molecule has 0 fully saturated rings. The van der Waals surface area contributed by atoms with Crippen LogP contribution in [-0.2, 0) is 9.53 Å².